The molecule has 0 aliphatic carbocycles. The predicted octanol–water partition coefficient (Wildman–Crippen LogP) is 0.213. The number of urea groups is 1. The highest BCUT2D eigenvalue weighted by Gasteiger charge is 2.26. The largest absolute Gasteiger partial charge is 0.481 e. The first-order valence-corrected chi connectivity index (χ1v) is 7.59. The normalized spacial score (nSPS) is 27.4. The molecule has 2 aliphatic rings. The van der Waals surface area contributed by atoms with Crippen molar-refractivity contribution in [1.29, 1.82) is 0 Å². The fraction of sp³-hybridized carbons (Fsp3) is 0.857. The number of nitrogens with one attached hydrogen (secondary N) is 1. The Hall–Kier alpha value is -1.34. The van der Waals surface area contributed by atoms with Crippen molar-refractivity contribution in [3.8, 4) is 0 Å². The van der Waals surface area contributed by atoms with Gasteiger partial charge in [0.15, 0.2) is 0 Å². The maximum absolute atomic E-state index is 12.2. The average Bonchev–Trinajstić information content (AvgIpc) is 2.44. The highest BCUT2D eigenvalue weighted by Crippen LogP contribution is 2.19. The highest BCUT2D eigenvalue weighted by atomic mass is 16.5. The number of piperidine rings is 1. The number of carboxylic acid groups (broad SMARTS) is 1. The maximum atomic E-state index is 12.2. The molecule has 7 heteroatoms. The molecule has 0 aromatic heterocycles. The smallest absolute Gasteiger partial charge is 0.317 e. The number of likely N-dealkylation sites (tertiary alicyclic amines) is 1. The molecule has 2 fully saturated rings. The summed E-state index contributed by atoms with van der Waals surface area (Å²) in [4.78, 5) is 26.8. The van der Waals surface area contributed by atoms with Crippen molar-refractivity contribution in [1.82, 2.24) is 15.1 Å². The minimum absolute atomic E-state index is 0.0345. The van der Waals surface area contributed by atoms with Crippen molar-refractivity contribution in [3.05, 3.63) is 0 Å². The second-order valence-corrected chi connectivity index (χ2v) is 5.99. The number of carbonyl (C=O) groups excluding carboxylic acids is 1. The van der Waals surface area contributed by atoms with Crippen LogP contribution in [-0.2, 0) is 9.53 Å². The van der Waals surface area contributed by atoms with E-state index in [9.17, 15) is 9.59 Å². The summed E-state index contributed by atoms with van der Waals surface area (Å²) in [6, 6.07) is -0.109. The van der Waals surface area contributed by atoms with Crippen molar-refractivity contribution in [3.63, 3.8) is 0 Å². The van der Waals surface area contributed by atoms with Crippen LogP contribution in [-0.4, -0.2) is 79.4 Å². The number of amides is 2. The predicted molar refractivity (Wildman–Crippen MR) is 77.2 cm³/mol. The van der Waals surface area contributed by atoms with Gasteiger partial charge in [-0.15, -0.1) is 0 Å². The molecule has 2 atom stereocenters. The number of ether oxygens (including phenoxy) is 1. The van der Waals surface area contributed by atoms with Crippen LogP contribution in [0.4, 0.5) is 4.79 Å². The van der Waals surface area contributed by atoms with Crippen LogP contribution in [0.2, 0.25) is 0 Å². The number of likely N-dealkylation sites (N-methyl/N-ethyl adjacent to an activating group) is 1. The zero-order valence-corrected chi connectivity index (χ0v) is 12.6. The van der Waals surface area contributed by atoms with Crippen molar-refractivity contribution in [2.45, 2.75) is 25.4 Å². The van der Waals surface area contributed by atoms with Crippen LogP contribution in [0.15, 0.2) is 0 Å². The molecule has 2 N–H and O–H groups in total. The summed E-state index contributed by atoms with van der Waals surface area (Å²) in [5.74, 6) is -0.722. The second kappa shape index (κ2) is 7.61. The molecule has 2 amide bonds. The molecule has 2 aliphatic heterocycles. The van der Waals surface area contributed by atoms with Crippen molar-refractivity contribution < 1.29 is 19.4 Å². The molecule has 0 radical (unpaired) electrons. The Labute approximate surface area is 125 Å². The third kappa shape index (κ3) is 5.17. The van der Waals surface area contributed by atoms with Gasteiger partial charge >= 0.3 is 12.0 Å². The summed E-state index contributed by atoms with van der Waals surface area (Å²) in [7, 11) is 2.04. The van der Waals surface area contributed by atoms with Gasteiger partial charge in [-0.2, -0.15) is 0 Å². The summed E-state index contributed by atoms with van der Waals surface area (Å²) >= 11 is 0. The second-order valence-electron chi connectivity index (χ2n) is 5.99. The molecule has 0 spiro atoms. The molecular formula is C14H25N3O4. The number of aliphatic carboxylic acids is 1. The fourth-order valence-corrected chi connectivity index (χ4v) is 2.97. The Bertz CT molecular complexity index is 377. The van der Waals surface area contributed by atoms with E-state index in [1.807, 2.05) is 7.05 Å². The van der Waals surface area contributed by atoms with E-state index in [4.69, 9.17) is 9.84 Å². The Kier molecular flexibility index (Phi) is 5.81. The molecule has 2 saturated heterocycles. The first kappa shape index (κ1) is 16.0. The Morgan fingerprint density at radius 1 is 1.33 bits per heavy atom. The van der Waals surface area contributed by atoms with Crippen LogP contribution < -0.4 is 5.32 Å². The third-order valence-corrected chi connectivity index (χ3v) is 4.09. The van der Waals surface area contributed by atoms with Crippen LogP contribution in [0.25, 0.3) is 0 Å². The fourth-order valence-electron chi connectivity index (χ4n) is 2.97. The first-order chi connectivity index (χ1) is 10.0. The number of carbonyl (C=O) groups is 2. The third-order valence-electron chi connectivity index (χ3n) is 4.09. The van der Waals surface area contributed by atoms with Gasteiger partial charge in [-0.05, 0) is 25.8 Å². The summed E-state index contributed by atoms with van der Waals surface area (Å²) in [6.45, 7) is 4.18. The standard InChI is InChI=1S/C14H25N3O4/c1-16-5-6-21-12(10-16)8-15-14(20)17-4-2-3-11(9-17)7-13(18)19/h11-12H,2-10H2,1H3,(H,15,20)(H,18,19). The van der Waals surface area contributed by atoms with Crippen molar-refractivity contribution in [2.75, 3.05) is 46.4 Å². The lowest BCUT2D eigenvalue weighted by atomic mass is 9.95. The lowest BCUT2D eigenvalue weighted by molar-refractivity contribution is -0.138. The molecule has 0 saturated carbocycles. The maximum Gasteiger partial charge on any atom is 0.317 e. The average molecular weight is 299 g/mol. The number of hydrogen-bond donors (Lipinski definition) is 2. The Morgan fingerprint density at radius 2 is 2.14 bits per heavy atom. The first-order valence-electron chi connectivity index (χ1n) is 7.59. The van der Waals surface area contributed by atoms with E-state index >= 15 is 0 Å². The number of rotatable bonds is 4. The summed E-state index contributed by atoms with van der Waals surface area (Å²) in [6.07, 6.45) is 1.92. The highest BCUT2D eigenvalue weighted by molar-refractivity contribution is 5.74. The SMILES string of the molecule is CN1CCOC(CNC(=O)N2CCCC(CC(=O)O)C2)C1. The van der Waals surface area contributed by atoms with Crippen molar-refractivity contribution in [2.24, 2.45) is 5.92 Å². The van der Waals surface area contributed by atoms with Crippen LogP contribution in [0.1, 0.15) is 19.3 Å². The monoisotopic (exact) mass is 299 g/mol. The van der Waals surface area contributed by atoms with Gasteiger partial charge in [-0.1, -0.05) is 0 Å². The van der Waals surface area contributed by atoms with Crippen LogP contribution in [0.5, 0.6) is 0 Å². The molecule has 0 aromatic carbocycles. The van der Waals surface area contributed by atoms with Gasteiger partial charge in [0.2, 0.25) is 0 Å². The van der Waals surface area contributed by atoms with Crippen LogP contribution >= 0.6 is 0 Å². The van der Waals surface area contributed by atoms with E-state index in [-0.39, 0.29) is 24.5 Å². The van der Waals surface area contributed by atoms with E-state index in [1.165, 1.54) is 0 Å². The molecule has 2 heterocycles. The summed E-state index contributed by atoms with van der Waals surface area (Å²) in [5, 5.41) is 11.8. The molecule has 21 heavy (non-hydrogen) atoms. The van der Waals surface area contributed by atoms with E-state index in [0.717, 1.165) is 25.9 Å². The van der Waals surface area contributed by atoms with Crippen LogP contribution in [0, 0.1) is 5.92 Å². The number of carboxylic acids is 1. The number of nitrogens with zero attached hydrogens (tertiary/aromatic N) is 2. The van der Waals surface area contributed by atoms with Gasteiger partial charge in [0.25, 0.3) is 0 Å². The van der Waals surface area contributed by atoms with Gasteiger partial charge in [-0.3, -0.25) is 4.79 Å². The Morgan fingerprint density at radius 3 is 2.86 bits per heavy atom. The molecule has 120 valence electrons. The lowest BCUT2D eigenvalue weighted by Crippen LogP contribution is -2.50. The van der Waals surface area contributed by atoms with Gasteiger partial charge in [0.05, 0.1) is 12.7 Å². The minimum Gasteiger partial charge on any atom is -0.481 e. The summed E-state index contributed by atoms with van der Waals surface area (Å²) < 4.78 is 5.61. The Balaban J connectivity index is 1.73. The zero-order valence-electron chi connectivity index (χ0n) is 12.6. The molecular weight excluding hydrogens is 274 g/mol. The number of hydrogen-bond acceptors (Lipinski definition) is 4. The van der Waals surface area contributed by atoms with Gasteiger partial charge in [-0.25, -0.2) is 4.79 Å². The number of morpholine rings is 1. The van der Waals surface area contributed by atoms with Gasteiger partial charge in [0, 0.05) is 39.1 Å². The molecule has 0 aromatic rings. The zero-order chi connectivity index (χ0) is 15.2. The van der Waals surface area contributed by atoms with Gasteiger partial charge < -0.3 is 25.0 Å². The summed E-state index contributed by atoms with van der Waals surface area (Å²) in [5.41, 5.74) is 0. The molecule has 2 rings (SSSR count). The van der Waals surface area contributed by atoms with E-state index in [0.29, 0.717) is 26.2 Å². The topological polar surface area (TPSA) is 82.1 Å². The molecule has 2 unspecified atom stereocenters. The van der Waals surface area contributed by atoms with Gasteiger partial charge in [0.1, 0.15) is 0 Å². The van der Waals surface area contributed by atoms with Crippen molar-refractivity contribution >= 4 is 12.0 Å². The molecule has 0 bridgehead atoms. The van der Waals surface area contributed by atoms with E-state index in [1.54, 1.807) is 4.90 Å². The quantitative estimate of drug-likeness (QED) is 0.775. The lowest BCUT2D eigenvalue weighted by Gasteiger charge is -2.34. The van der Waals surface area contributed by atoms with E-state index < -0.39 is 5.97 Å². The van der Waals surface area contributed by atoms with Crippen LogP contribution in [0.3, 0.4) is 0 Å². The van der Waals surface area contributed by atoms with E-state index in [2.05, 4.69) is 10.2 Å². The molecule has 7 nitrogen and oxygen atoms in total. The minimum atomic E-state index is -0.791.